The van der Waals surface area contributed by atoms with Crippen LogP contribution in [0.2, 0.25) is 10.0 Å². The minimum Gasteiger partial charge on any atom is -0.484 e. The van der Waals surface area contributed by atoms with E-state index in [0.717, 1.165) is 11.1 Å². The molecule has 1 amide bonds. The van der Waals surface area contributed by atoms with Gasteiger partial charge >= 0.3 is 0 Å². The highest BCUT2D eigenvalue weighted by molar-refractivity contribution is 6.42. The maximum Gasteiger partial charge on any atom is 0.277 e. The average Bonchev–Trinajstić information content (AvgIpc) is 3.12. The number of aryl methyl sites for hydroxylation is 1. The lowest BCUT2D eigenvalue weighted by Gasteiger charge is -2.05. The van der Waals surface area contributed by atoms with E-state index in [1.807, 2.05) is 25.1 Å². The van der Waals surface area contributed by atoms with Gasteiger partial charge in [-0.15, -0.1) is 0 Å². The number of amides is 1. The second-order valence-electron chi connectivity index (χ2n) is 5.72. The number of H-pyrrole nitrogens is 1. The Hall–Kier alpha value is -2.83. The van der Waals surface area contributed by atoms with Crippen molar-refractivity contribution in [3.05, 3.63) is 69.8 Å². The van der Waals surface area contributed by atoms with Crippen LogP contribution >= 0.6 is 23.2 Å². The first kappa shape index (κ1) is 18.9. The van der Waals surface area contributed by atoms with Gasteiger partial charge in [0.05, 0.1) is 28.2 Å². The van der Waals surface area contributed by atoms with Gasteiger partial charge in [0, 0.05) is 11.1 Å². The van der Waals surface area contributed by atoms with E-state index in [1.54, 1.807) is 30.5 Å². The van der Waals surface area contributed by atoms with Crippen molar-refractivity contribution in [3.63, 3.8) is 0 Å². The van der Waals surface area contributed by atoms with Crippen molar-refractivity contribution < 1.29 is 9.53 Å². The number of nitrogens with one attached hydrogen (secondary N) is 2. The van der Waals surface area contributed by atoms with Crippen LogP contribution < -0.4 is 10.2 Å². The molecular weight excluding hydrogens is 387 g/mol. The molecule has 2 N–H and O–H groups in total. The lowest BCUT2D eigenvalue weighted by Crippen LogP contribution is -2.24. The van der Waals surface area contributed by atoms with Crippen molar-refractivity contribution in [2.75, 3.05) is 6.61 Å². The van der Waals surface area contributed by atoms with Crippen molar-refractivity contribution in [1.29, 1.82) is 0 Å². The molecule has 0 aliphatic heterocycles. The first-order valence-corrected chi connectivity index (χ1v) is 8.78. The van der Waals surface area contributed by atoms with E-state index in [0.29, 0.717) is 27.1 Å². The molecule has 0 atom stereocenters. The largest absolute Gasteiger partial charge is 0.484 e. The van der Waals surface area contributed by atoms with Gasteiger partial charge in [0.2, 0.25) is 0 Å². The second kappa shape index (κ2) is 8.70. The van der Waals surface area contributed by atoms with Gasteiger partial charge in [0.25, 0.3) is 5.91 Å². The first-order valence-electron chi connectivity index (χ1n) is 8.03. The van der Waals surface area contributed by atoms with Crippen LogP contribution in [0.4, 0.5) is 0 Å². The Labute approximate surface area is 166 Å². The summed E-state index contributed by atoms with van der Waals surface area (Å²) in [7, 11) is 0. The fourth-order valence-corrected chi connectivity index (χ4v) is 2.56. The predicted octanol–water partition coefficient (Wildman–Crippen LogP) is 4.22. The summed E-state index contributed by atoms with van der Waals surface area (Å²) in [6, 6.07) is 12.7. The van der Waals surface area contributed by atoms with Crippen LogP contribution in [0.15, 0.2) is 53.8 Å². The minimum atomic E-state index is -0.369. The van der Waals surface area contributed by atoms with Crippen LogP contribution in [-0.4, -0.2) is 28.9 Å². The molecule has 0 radical (unpaired) electrons. The summed E-state index contributed by atoms with van der Waals surface area (Å²) in [5, 5.41) is 11.7. The first-order chi connectivity index (χ1) is 13.0. The van der Waals surface area contributed by atoms with E-state index in [-0.39, 0.29) is 12.5 Å². The number of hydrogen-bond acceptors (Lipinski definition) is 4. The zero-order chi connectivity index (χ0) is 19.2. The van der Waals surface area contributed by atoms with Gasteiger partial charge in [-0.05, 0) is 31.2 Å². The molecule has 3 aromatic rings. The van der Waals surface area contributed by atoms with Crippen molar-refractivity contribution in [1.82, 2.24) is 15.6 Å². The summed E-state index contributed by atoms with van der Waals surface area (Å²) in [5.74, 6) is 0.253. The molecule has 0 unspecified atom stereocenters. The molecule has 0 saturated heterocycles. The fraction of sp³-hybridized carbons (Fsp3) is 0.105. The maximum absolute atomic E-state index is 11.8. The van der Waals surface area contributed by atoms with Crippen LogP contribution in [-0.2, 0) is 4.79 Å². The SMILES string of the molecule is Cc1ccc(OCC(=O)N/N=C\c2cn[nH]c2-c2ccc(Cl)c(Cl)c2)cc1. The average molecular weight is 403 g/mol. The third-order valence-electron chi connectivity index (χ3n) is 3.66. The van der Waals surface area contributed by atoms with Crippen molar-refractivity contribution in [3.8, 4) is 17.0 Å². The molecule has 0 fully saturated rings. The Kier molecular flexibility index (Phi) is 6.11. The number of rotatable bonds is 6. The Morgan fingerprint density at radius 2 is 2.00 bits per heavy atom. The number of aromatic nitrogens is 2. The van der Waals surface area contributed by atoms with E-state index >= 15 is 0 Å². The highest BCUT2D eigenvalue weighted by Crippen LogP contribution is 2.28. The molecule has 27 heavy (non-hydrogen) atoms. The third kappa shape index (κ3) is 5.09. The second-order valence-corrected chi connectivity index (χ2v) is 6.54. The van der Waals surface area contributed by atoms with E-state index < -0.39 is 0 Å². The summed E-state index contributed by atoms with van der Waals surface area (Å²) in [5.41, 5.74) is 5.74. The zero-order valence-corrected chi connectivity index (χ0v) is 15.9. The maximum atomic E-state index is 11.8. The van der Waals surface area contributed by atoms with E-state index in [9.17, 15) is 4.79 Å². The molecule has 0 saturated carbocycles. The summed E-state index contributed by atoms with van der Waals surface area (Å²) < 4.78 is 5.40. The Balaban J connectivity index is 1.58. The van der Waals surface area contributed by atoms with Gasteiger partial charge in [-0.3, -0.25) is 9.89 Å². The van der Waals surface area contributed by atoms with E-state index in [2.05, 4.69) is 20.7 Å². The molecule has 2 aromatic carbocycles. The number of hydrogen-bond donors (Lipinski definition) is 2. The van der Waals surface area contributed by atoms with Crippen LogP contribution in [0, 0.1) is 6.92 Å². The number of ether oxygens (including phenoxy) is 1. The van der Waals surface area contributed by atoms with Crippen molar-refractivity contribution >= 4 is 35.3 Å². The Morgan fingerprint density at radius 3 is 2.74 bits per heavy atom. The van der Waals surface area contributed by atoms with Crippen LogP contribution in [0.5, 0.6) is 5.75 Å². The number of hydrazone groups is 1. The summed E-state index contributed by atoms with van der Waals surface area (Å²) in [6.07, 6.45) is 3.08. The number of carbonyl (C=O) groups is 1. The number of carbonyl (C=O) groups excluding carboxylic acids is 1. The third-order valence-corrected chi connectivity index (χ3v) is 4.40. The number of aromatic amines is 1. The van der Waals surface area contributed by atoms with Gasteiger partial charge in [-0.25, -0.2) is 5.43 Å². The summed E-state index contributed by atoms with van der Waals surface area (Å²) in [4.78, 5) is 11.8. The van der Waals surface area contributed by atoms with Crippen molar-refractivity contribution in [2.45, 2.75) is 6.92 Å². The lowest BCUT2D eigenvalue weighted by atomic mass is 10.1. The standard InChI is InChI=1S/C19H16Cl2N4O2/c1-12-2-5-15(6-3-12)27-11-18(26)24-22-9-14-10-23-25-19(14)13-4-7-16(20)17(21)8-13/h2-10H,11H2,1H3,(H,23,25)(H,24,26)/b22-9-. The molecule has 3 rings (SSSR count). The van der Waals surface area contributed by atoms with Crippen LogP contribution in [0.3, 0.4) is 0 Å². The predicted molar refractivity (Wildman–Crippen MR) is 106 cm³/mol. The Morgan fingerprint density at radius 1 is 1.22 bits per heavy atom. The highest BCUT2D eigenvalue weighted by Gasteiger charge is 2.08. The molecule has 1 aromatic heterocycles. The Bertz CT molecular complexity index is 968. The lowest BCUT2D eigenvalue weighted by molar-refractivity contribution is -0.123. The molecule has 0 aliphatic rings. The van der Waals surface area contributed by atoms with E-state index in [1.165, 1.54) is 6.21 Å². The zero-order valence-electron chi connectivity index (χ0n) is 14.4. The number of halogens is 2. The molecular formula is C19H16Cl2N4O2. The molecule has 0 spiro atoms. The molecule has 0 bridgehead atoms. The molecule has 6 nitrogen and oxygen atoms in total. The van der Waals surface area contributed by atoms with E-state index in [4.69, 9.17) is 27.9 Å². The summed E-state index contributed by atoms with van der Waals surface area (Å²) in [6.45, 7) is 1.85. The van der Waals surface area contributed by atoms with Gasteiger partial charge < -0.3 is 4.74 Å². The van der Waals surface area contributed by atoms with Gasteiger partial charge in [0.1, 0.15) is 5.75 Å². The summed E-state index contributed by atoms with van der Waals surface area (Å²) >= 11 is 12.0. The molecule has 0 aliphatic carbocycles. The monoisotopic (exact) mass is 402 g/mol. The van der Waals surface area contributed by atoms with Gasteiger partial charge in [0.15, 0.2) is 6.61 Å². The van der Waals surface area contributed by atoms with Gasteiger partial charge in [-0.2, -0.15) is 10.2 Å². The van der Waals surface area contributed by atoms with Crippen molar-refractivity contribution in [2.24, 2.45) is 5.10 Å². The topological polar surface area (TPSA) is 79.4 Å². The number of benzene rings is 2. The number of nitrogens with zero attached hydrogens (tertiary/aromatic N) is 2. The minimum absolute atomic E-state index is 0.133. The van der Waals surface area contributed by atoms with Crippen LogP contribution in [0.25, 0.3) is 11.3 Å². The highest BCUT2D eigenvalue weighted by atomic mass is 35.5. The van der Waals surface area contributed by atoms with Crippen LogP contribution in [0.1, 0.15) is 11.1 Å². The smallest absolute Gasteiger partial charge is 0.277 e. The molecule has 8 heteroatoms. The molecule has 138 valence electrons. The normalized spacial score (nSPS) is 10.9. The van der Waals surface area contributed by atoms with Gasteiger partial charge in [-0.1, -0.05) is 47.0 Å². The quantitative estimate of drug-likeness (QED) is 0.478. The fourth-order valence-electron chi connectivity index (χ4n) is 2.27. The molecule has 1 heterocycles.